The van der Waals surface area contributed by atoms with Gasteiger partial charge in [0.25, 0.3) is 11.8 Å². The maximum atomic E-state index is 13.1. The highest BCUT2D eigenvalue weighted by Gasteiger charge is 2.32. The van der Waals surface area contributed by atoms with E-state index in [1.54, 1.807) is 16.4 Å². The summed E-state index contributed by atoms with van der Waals surface area (Å²) < 4.78 is 33.7. The average molecular weight is 481 g/mol. The van der Waals surface area contributed by atoms with Crippen molar-refractivity contribution in [1.82, 2.24) is 14.5 Å². The highest BCUT2D eigenvalue weighted by molar-refractivity contribution is 7.89. The fourth-order valence-electron chi connectivity index (χ4n) is 3.58. The molecule has 2 aromatic heterocycles. The van der Waals surface area contributed by atoms with Gasteiger partial charge in [0, 0.05) is 18.2 Å². The summed E-state index contributed by atoms with van der Waals surface area (Å²) in [6, 6.07) is 9.29. The third-order valence-corrected chi connectivity index (χ3v) is 8.38. The number of nitrogens with zero attached hydrogens (tertiary/aromatic N) is 3. The van der Waals surface area contributed by atoms with Crippen molar-refractivity contribution >= 4 is 44.9 Å². The van der Waals surface area contributed by atoms with Crippen molar-refractivity contribution in [2.24, 2.45) is 0 Å². The molecule has 1 aliphatic heterocycles. The number of amides is 1. The first-order valence-corrected chi connectivity index (χ1v) is 12.5. The lowest BCUT2D eigenvalue weighted by Crippen LogP contribution is -2.43. The molecule has 1 amide bonds. The van der Waals surface area contributed by atoms with Gasteiger partial charge in [0.1, 0.15) is 0 Å². The van der Waals surface area contributed by atoms with Crippen LogP contribution in [0.1, 0.15) is 43.0 Å². The maximum absolute atomic E-state index is 13.1. The van der Waals surface area contributed by atoms with E-state index in [2.05, 4.69) is 15.5 Å². The number of hydrogen-bond acceptors (Lipinski definition) is 7. The molecule has 1 N–H and O–H groups in total. The number of hydrogen-bond donors (Lipinski definition) is 1. The van der Waals surface area contributed by atoms with Crippen LogP contribution >= 0.6 is 22.9 Å². The number of benzene rings is 1. The summed E-state index contributed by atoms with van der Waals surface area (Å²) in [5.74, 6) is -0.228. The van der Waals surface area contributed by atoms with E-state index in [0.29, 0.717) is 15.8 Å². The lowest BCUT2D eigenvalue weighted by atomic mass is 10.0. The number of sulfonamides is 1. The first-order chi connectivity index (χ1) is 14.9. The number of halogens is 1. The van der Waals surface area contributed by atoms with Crippen LogP contribution in [0.2, 0.25) is 4.34 Å². The zero-order chi connectivity index (χ0) is 22.0. The molecule has 164 valence electrons. The van der Waals surface area contributed by atoms with E-state index in [1.165, 1.54) is 35.6 Å². The predicted octanol–water partition coefficient (Wildman–Crippen LogP) is 4.66. The molecule has 4 rings (SSSR count). The SMILES string of the molecule is CC[C@H]1CCCCN1S(=O)(=O)c1ccc(C(=O)Nc2nnc(-c3ccc(Cl)s3)o2)cc1. The van der Waals surface area contributed by atoms with Crippen molar-refractivity contribution in [2.45, 2.75) is 43.5 Å². The summed E-state index contributed by atoms with van der Waals surface area (Å²) in [5, 5.41) is 10.2. The van der Waals surface area contributed by atoms with Gasteiger partial charge in [0.05, 0.1) is 14.1 Å². The zero-order valence-electron chi connectivity index (χ0n) is 16.7. The number of carbonyl (C=O) groups is 1. The molecule has 1 aliphatic rings. The summed E-state index contributed by atoms with van der Waals surface area (Å²) in [7, 11) is -3.60. The Morgan fingerprint density at radius 2 is 2.00 bits per heavy atom. The predicted molar refractivity (Wildman–Crippen MR) is 119 cm³/mol. The van der Waals surface area contributed by atoms with Crippen molar-refractivity contribution in [2.75, 3.05) is 11.9 Å². The van der Waals surface area contributed by atoms with Gasteiger partial charge < -0.3 is 4.42 Å². The van der Waals surface area contributed by atoms with E-state index in [9.17, 15) is 13.2 Å². The van der Waals surface area contributed by atoms with E-state index in [1.807, 2.05) is 6.92 Å². The molecule has 3 heterocycles. The van der Waals surface area contributed by atoms with Gasteiger partial charge in [-0.1, -0.05) is 30.0 Å². The fourth-order valence-corrected chi connectivity index (χ4v) is 6.32. The molecule has 1 fully saturated rings. The second kappa shape index (κ2) is 9.07. The Hall–Kier alpha value is -2.27. The molecule has 8 nitrogen and oxygen atoms in total. The van der Waals surface area contributed by atoms with Gasteiger partial charge >= 0.3 is 6.01 Å². The van der Waals surface area contributed by atoms with Crippen LogP contribution in [0.5, 0.6) is 0 Å². The van der Waals surface area contributed by atoms with Crippen LogP contribution in [0.15, 0.2) is 45.7 Å². The minimum atomic E-state index is -3.60. The van der Waals surface area contributed by atoms with E-state index >= 15 is 0 Å². The van der Waals surface area contributed by atoms with E-state index in [0.717, 1.165) is 25.7 Å². The smallest absolute Gasteiger partial charge is 0.322 e. The summed E-state index contributed by atoms with van der Waals surface area (Å²) in [6.45, 7) is 2.53. The van der Waals surface area contributed by atoms with E-state index in [4.69, 9.17) is 16.0 Å². The molecule has 3 aromatic rings. The third-order valence-electron chi connectivity index (χ3n) is 5.20. The monoisotopic (exact) mass is 480 g/mol. The molecule has 0 radical (unpaired) electrons. The molecule has 0 saturated carbocycles. The summed E-state index contributed by atoms with van der Waals surface area (Å²) in [5.41, 5.74) is 0.281. The van der Waals surface area contributed by atoms with E-state index < -0.39 is 15.9 Å². The van der Waals surface area contributed by atoms with E-state index in [-0.39, 0.29) is 28.4 Å². The Morgan fingerprint density at radius 1 is 1.23 bits per heavy atom. The quantitative estimate of drug-likeness (QED) is 0.550. The molecular formula is C20H21ClN4O4S2. The largest absolute Gasteiger partial charge is 0.402 e. The van der Waals surface area contributed by atoms with Crippen molar-refractivity contribution in [3.8, 4) is 10.8 Å². The fraction of sp³-hybridized carbons (Fsp3) is 0.350. The highest BCUT2D eigenvalue weighted by atomic mass is 35.5. The van der Waals surface area contributed by atoms with Crippen LogP contribution in [0.25, 0.3) is 10.8 Å². The van der Waals surface area contributed by atoms with Crippen LogP contribution < -0.4 is 5.32 Å². The molecule has 1 saturated heterocycles. The number of piperidine rings is 1. The molecule has 0 bridgehead atoms. The van der Waals surface area contributed by atoms with Crippen molar-refractivity contribution in [1.29, 1.82) is 0 Å². The Morgan fingerprint density at radius 3 is 2.68 bits per heavy atom. The summed E-state index contributed by atoms with van der Waals surface area (Å²) in [4.78, 5) is 13.4. The lowest BCUT2D eigenvalue weighted by molar-refractivity contribution is 0.102. The van der Waals surface area contributed by atoms with Crippen LogP contribution in [0.4, 0.5) is 6.01 Å². The minimum Gasteiger partial charge on any atom is -0.402 e. The molecule has 0 spiro atoms. The van der Waals surface area contributed by atoms with Crippen LogP contribution in [-0.4, -0.2) is 41.4 Å². The molecule has 31 heavy (non-hydrogen) atoms. The molecule has 0 aliphatic carbocycles. The molecule has 11 heteroatoms. The number of anilines is 1. The zero-order valence-corrected chi connectivity index (χ0v) is 19.1. The molecule has 1 aromatic carbocycles. The number of carbonyl (C=O) groups excluding carboxylic acids is 1. The summed E-state index contributed by atoms with van der Waals surface area (Å²) >= 11 is 7.19. The van der Waals surface area contributed by atoms with Gasteiger partial charge in [-0.05, 0) is 55.7 Å². The van der Waals surface area contributed by atoms with Gasteiger partial charge in [0.2, 0.25) is 10.0 Å². The molecule has 0 unspecified atom stereocenters. The first kappa shape index (κ1) is 21.9. The van der Waals surface area contributed by atoms with Crippen LogP contribution in [0, 0.1) is 0 Å². The second-order valence-electron chi connectivity index (χ2n) is 7.17. The van der Waals surface area contributed by atoms with Crippen LogP contribution in [-0.2, 0) is 10.0 Å². The third kappa shape index (κ3) is 4.67. The Kier molecular flexibility index (Phi) is 6.42. The van der Waals surface area contributed by atoms with Crippen LogP contribution in [0.3, 0.4) is 0 Å². The van der Waals surface area contributed by atoms with Crippen molar-refractivity contribution in [3.63, 3.8) is 0 Å². The van der Waals surface area contributed by atoms with Gasteiger partial charge in [-0.25, -0.2) is 8.42 Å². The minimum absolute atomic E-state index is 0.0201. The number of thiophene rings is 1. The van der Waals surface area contributed by atoms with Crippen molar-refractivity contribution in [3.05, 3.63) is 46.3 Å². The standard InChI is InChI=1S/C20H21ClN4O4S2/c1-2-14-5-3-4-12-25(14)31(27,28)15-8-6-13(7-9-15)18(26)22-20-24-23-19(29-20)16-10-11-17(21)30-16/h6-11,14H,2-5,12H2,1H3,(H,22,24,26)/t14-/m0/s1. The average Bonchev–Trinajstić information content (AvgIpc) is 3.42. The normalized spacial score (nSPS) is 17.5. The summed E-state index contributed by atoms with van der Waals surface area (Å²) in [6.07, 6.45) is 3.56. The Bertz CT molecular complexity index is 1170. The maximum Gasteiger partial charge on any atom is 0.322 e. The van der Waals surface area contributed by atoms with Gasteiger partial charge in [-0.3, -0.25) is 10.1 Å². The number of rotatable bonds is 6. The topological polar surface area (TPSA) is 105 Å². The van der Waals surface area contributed by atoms with Gasteiger partial charge in [-0.15, -0.1) is 16.4 Å². The Labute approximate surface area is 189 Å². The van der Waals surface area contributed by atoms with Crippen molar-refractivity contribution < 1.29 is 17.6 Å². The lowest BCUT2D eigenvalue weighted by Gasteiger charge is -2.34. The second-order valence-corrected chi connectivity index (χ2v) is 10.8. The first-order valence-electron chi connectivity index (χ1n) is 9.91. The number of nitrogens with one attached hydrogen (secondary N) is 1. The van der Waals surface area contributed by atoms with Gasteiger partial charge in [-0.2, -0.15) is 4.31 Å². The molecule has 1 atom stereocenters. The molecular weight excluding hydrogens is 460 g/mol. The Balaban J connectivity index is 1.46. The highest BCUT2D eigenvalue weighted by Crippen LogP contribution is 2.31. The number of aromatic nitrogens is 2. The van der Waals surface area contributed by atoms with Gasteiger partial charge in [0.15, 0.2) is 0 Å².